The Labute approximate surface area is 206 Å². The van der Waals surface area contributed by atoms with Crippen molar-refractivity contribution in [3.8, 4) is 11.1 Å². The van der Waals surface area contributed by atoms with Gasteiger partial charge in [0.25, 0.3) is 5.91 Å². The number of H-pyrrole nitrogens is 1. The predicted molar refractivity (Wildman–Crippen MR) is 131 cm³/mol. The smallest absolute Gasteiger partial charge is 0.371 e. The Morgan fingerprint density at radius 1 is 1.14 bits per heavy atom. The normalized spacial score (nSPS) is 14.5. The van der Waals surface area contributed by atoms with Crippen molar-refractivity contribution in [2.45, 2.75) is 19.4 Å². The molecule has 1 fully saturated rings. The van der Waals surface area contributed by atoms with Crippen LogP contribution >= 0.6 is 0 Å². The first-order valence-electron chi connectivity index (χ1n) is 11.5. The van der Waals surface area contributed by atoms with E-state index in [0.29, 0.717) is 52.5 Å². The number of hydrogen-bond donors (Lipinski definition) is 3. The number of aromatic nitrogens is 2. The molecule has 0 spiro atoms. The molecule has 0 atom stereocenters. The fourth-order valence-corrected chi connectivity index (χ4v) is 4.52. The van der Waals surface area contributed by atoms with Gasteiger partial charge in [-0.25, -0.2) is 9.18 Å². The lowest BCUT2D eigenvalue weighted by Crippen LogP contribution is -2.38. The molecule has 188 valence electrons. The Morgan fingerprint density at radius 2 is 1.92 bits per heavy atom. The minimum atomic E-state index is -1.07. The molecule has 0 saturated carbocycles. The third kappa shape index (κ3) is 5.29. The summed E-state index contributed by atoms with van der Waals surface area (Å²) in [6.45, 7) is 2.77. The summed E-state index contributed by atoms with van der Waals surface area (Å²) in [5, 5.41) is 19.7. The zero-order valence-corrected chi connectivity index (χ0v) is 19.5. The number of benzene rings is 2. The molecule has 1 amide bonds. The fraction of sp³-hybridized carbons (Fsp3) is 0.269. The van der Waals surface area contributed by atoms with Gasteiger partial charge < -0.3 is 20.3 Å². The Hall–Kier alpha value is -4.02. The Kier molecular flexibility index (Phi) is 7.47. The summed E-state index contributed by atoms with van der Waals surface area (Å²) in [5.41, 5.74) is 2.17. The zero-order valence-electron chi connectivity index (χ0n) is 19.5. The summed E-state index contributed by atoms with van der Waals surface area (Å²) in [4.78, 5) is 26.1. The van der Waals surface area contributed by atoms with Crippen molar-refractivity contribution >= 4 is 22.8 Å². The maximum Gasteiger partial charge on any atom is 0.371 e. The minimum absolute atomic E-state index is 0. The van der Waals surface area contributed by atoms with Crippen LogP contribution in [0.4, 0.5) is 4.39 Å². The van der Waals surface area contributed by atoms with Crippen LogP contribution in [0.1, 0.15) is 39.6 Å². The van der Waals surface area contributed by atoms with E-state index in [1.807, 2.05) is 0 Å². The summed E-state index contributed by atoms with van der Waals surface area (Å²) >= 11 is 0. The van der Waals surface area contributed by atoms with Crippen LogP contribution in [0.25, 0.3) is 22.0 Å². The number of carbonyl (C=O) groups is 2. The van der Waals surface area contributed by atoms with E-state index in [2.05, 4.69) is 20.4 Å². The summed E-state index contributed by atoms with van der Waals surface area (Å²) in [6, 6.07) is 15.1. The van der Waals surface area contributed by atoms with Crippen molar-refractivity contribution in [2.24, 2.45) is 5.92 Å². The molecular formula is C26H27FN4O5. The van der Waals surface area contributed by atoms with Gasteiger partial charge in [0.05, 0.1) is 12.1 Å². The van der Waals surface area contributed by atoms with E-state index in [4.69, 9.17) is 9.52 Å². The molecule has 2 aromatic heterocycles. The van der Waals surface area contributed by atoms with E-state index in [-0.39, 0.29) is 23.0 Å². The molecule has 1 aliphatic heterocycles. The number of likely N-dealkylation sites (tertiary alicyclic amines) is 1. The number of nitrogens with one attached hydrogen (secondary N) is 2. The number of carboxylic acids is 1. The third-order valence-electron chi connectivity index (χ3n) is 6.47. The number of carboxylic acid groups (broad SMARTS) is 1. The van der Waals surface area contributed by atoms with Gasteiger partial charge in [-0.2, -0.15) is 5.10 Å². The molecule has 36 heavy (non-hydrogen) atoms. The van der Waals surface area contributed by atoms with Crippen molar-refractivity contribution in [2.75, 3.05) is 19.6 Å². The minimum Gasteiger partial charge on any atom is -0.475 e. The number of carbonyl (C=O) groups excluding carboxylic acids is 1. The molecule has 5 N–H and O–H groups in total. The number of furan rings is 1. The average Bonchev–Trinajstić information content (AvgIpc) is 3.51. The molecular weight excluding hydrogens is 467 g/mol. The van der Waals surface area contributed by atoms with Gasteiger partial charge >= 0.3 is 5.97 Å². The second-order valence-corrected chi connectivity index (χ2v) is 8.81. The molecule has 5 rings (SSSR count). The van der Waals surface area contributed by atoms with Crippen LogP contribution in [-0.2, 0) is 6.54 Å². The molecule has 0 unspecified atom stereocenters. The molecule has 3 heterocycles. The van der Waals surface area contributed by atoms with Gasteiger partial charge in [-0.1, -0.05) is 24.3 Å². The van der Waals surface area contributed by atoms with Crippen LogP contribution in [0.3, 0.4) is 0 Å². The van der Waals surface area contributed by atoms with Gasteiger partial charge in [-0.3, -0.25) is 14.8 Å². The van der Waals surface area contributed by atoms with Crippen molar-refractivity contribution in [1.82, 2.24) is 20.4 Å². The highest BCUT2D eigenvalue weighted by atomic mass is 19.1. The SMILES string of the molecule is O.O=C(O)c1ccc(CN2CCC(CNC(=O)c3n[nH]c4ccc(-c5ccccc5F)cc34)CC2)o1. The highest BCUT2D eigenvalue weighted by Crippen LogP contribution is 2.27. The quantitative estimate of drug-likeness (QED) is 0.359. The summed E-state index contributed by atoms with van der Waals surface area (Å²) in [6.07, 6.45) is 1.82. The van der Waals surface area contributed by atoms with E-state index in [1.165, 1.54) is 12.1 Å². The highest BCUT2D eigenvalue weighted by Gasteiger charge is 2.22. The summed E-state index contributed by atoms with van der Waals surface area (Å²) in [5.74, 6) is -0.735. The standard InChI is InChI=1S/C26H25FN4O4.H2O/c27-21-4-2-1-3-19(21)17-5-7-22-20(13-17)24(30-29-22)25(32)28-14-16-9-11-31(12-10-16)15-18-6-8-23(35-18)26(33)34;/h1-8,13,16H,9-12,14-15H2,(H,28,32)(H,29,30)(H,33,34);1H2. The third-order valence-corrected chi connectivity index (χ3v) is 6.47. The van der Waals surface area contributed by atoms with Crippen LogP contribution in [0.5, 0.6) is 0 Å². The van der Waals surface area contributed by atoms with E-state index in [0.717, 1.165) is 25.9 Å². The highest BCUT2D eigenvalue weighted by molar-refractivity contribution is 6.05. The van der Waals surface area contributed by atoms with Gasteiger partial charge in [0.2, 0.25) is 5.76 Å². The van der Waals surface area contributed by atoms with Crippen molar-refractivity contribution in [3.05, 3.63) is 77.6 Å². The lowest BCUT2D eigenvalue weighted by molar-refractivity contribution is 0.0656. The largest absolute Gasteiger partial charge is 0.475 e. The molecule has 0 bridgehead atoms. The van der Waals surface area contributed by atoms with Gasteiger partial charge in [0, 0.05) is 17.5 Å². The number of amides is 1. The number of rotatable bonds is 7. The first-order valence-corrected chi connectivity index (χ1v) is 11.5. The first-order chi connectivity index (χ1) is 17.0. The van der Waals surface area contributed by atoms with Crippen molar-refractivity contribution < 1.29 is 29.0 Å². The van der Waals surface area contributed by atoms with Gasteiger partial charge in [0.15, 0.2) is 5.69 Å². The second kappa shape index (κ2) is 10.7. The maximum atomic E-state index is 14.2. The zero-order chi connectivity index (χ0) is 24.4. The van der Waals surface area contributed by atoms with Gasteiger partial charge in [-0.15, -0.1) is 0 Å². The number of fused-ring (bicyclic) bond motifs is 1. The van der Waals surface area contributed by atoms with Gasteiger partial charge in [0.1, 0.15) is 11.6 Å². The number of halogens is 1. The average molecular weight is 495 g/mol. The topological polar surface area (TPSA) is 143 Å². The molecule has 0 aliphatic carbocycles. The lowest BCUT2D eigenvalue weighted by Gasteiger charge is -2.31. The van der Waals surface area contributed by atoms with E-state index >= 15 is 0 Å². The first kappa shape index (κ1) is 25.1. The van der Waals surface area contributed by atoms with Gasteiger partial charge in [-0.05, 0) is 67.7 Å². The van der Waals surface area contributed by atoms with Crippen LogP contribution in [-0.4, -0.2) is 57.2 Å². The predicted octanol–water partition coefficient (Wildman–Crippen LogP) is 3.48. The molecule has 1 aliphatic rings. The summed E-state index contributed by atoms with van der Waals surface area (Å²) < 4.78 is 19.6. The Balaban J connectivity index is 0.00000304. The molecule has 9 nitrogen and oxygen atoms in total. The molecule has 0 radical (unpaired) electrons. The monoisotopic (exact) mass is 494 g/mol. The molecule has 1 saturated heterocycles. The lowest BCUT2D eigenvalue weighted by atomic mass is 9.96. The number of aromatic amines is 1. The van der Waals surface area contributed by atoms with Crippen LogP contribution in [0.2, 0.25) is 0 Å². The van der Waals surface area contributed by atoms with Crippen LogP contribution in [0.15, 0.2) is 59.0 Å². The Bertz CT molecular complexity index is 1370. The van der Waals surface area contributed by atoms with E-state index in [1.54, 1.807) is 42.5 Å². The fourth-order valence-electron chi connectivity index (χ4n) is 4.52. The number of piperidine rings is 1. The number of hydrogen-bond acceptors (Lipinski definition) is 5. The van der Waals surface area contributed by atoms with Crippen LogP contribution in [0, 0.1) is 11.7 Å². The van der Waals surface area contributed by atoms with E-state index < -0.39 is 5.97 Å². The van der Waals surface area contributed by atoms with Crippen molar-refractivity contribution in [1.29, 1.82) is 0 Å². The molecule has 10 heteroatoms. The number of aromatic carboxylic acids is 1. The van der Waals surface area contributed by atoms with Crippen LogP contribution < -0.4 is 5.32 Å². The Morgan fingerprint density at radius 3 is 2.64 bits per heavy atom. The van der Waals surface area contributed by atoms with E-state index in [9.17, 15) is 14.0 Å². The maximum absolute atomic E-state index is 14.2. The van der Waals surface area contributed by atoms with Crippen molar-refractivity contribution in [3.63, 3.8) is 0 Å². The number of nitrogens with zero attached hydrogens (tertiary/aromatic N) is 2. The molecule has 2 aromatic carbocycles. The summed E-state index contributed by atoms with van der Waals surface area (Å²) in [7, 11) is 0. The second-order valence-electron chi connectivity index (χ2n) is 8.81. The molecule has 4 aromatic rings.